The summed E-state index contributed by atoms with van der Waals surface area (Å²) < 4.78 is 2.15. The maximum absolute atomic E-state index is 12.1. The van der Waals surface area contributed by atoms with E-state index in [1.807, 2.05) is 13.8 Å². The van der Waals surface area contributed by atoms with Gasteiger partial charge in [-0.05, 0) is 50.8 Å². The number of carbonyl (C=O) groups excluding carboxylic acids is 1. The highest BCUT2D eigenvalue weighted by Gasteiger charge is 2.29. The van der Waals surface area contributed by atoms with Crippen molar-refractivity contribution in [1.29, 1.82) is 0 Å². The van der Waals surface area contributed by atoms with Crippen LogP contribution in [0.15, 0.2) is 10.9 Å². The molecule has 8 heteroatoms. The number of nitrogens with zero attached hydrogens (tertiary/aromatic N) is 3. The Morgan fingerprint density at radius 3 is 2.56 bits per heavy atom. The summed E-state index contributed by atoms with van der Waals surface area (Å²) in [5, 5.41) is 4.96. The summed E-state index contributed by atoms with van der Waals surface area (Å²) in [6.07, 6.45) is 7.36. The second kappa shape index (κ2) is 8.71. The molecule has 1 aliphatic heterocycles. The lowest BCUT2D eigenvalue weighted by atomic mass is 10.1. The van der Waals surface area contributed by atoms with Crippen LogP contribution in [0.25, 0.3) is 10.1 Å². The largest absolute Gasteiger partial charge is 0.368 e. The van der Waals surface area contributed by atoms with E-state index in [1.165, 1.54) is 56.5 Å². The van der Waals surface area contributed by atoms with Crippen LogP contribution in [0.5, 0.6) is 0 Å². The number of nitrogens with two attached hydrogens (primary N) is 1. The average Bonchev–Trinajstić information content (AvgIpc) is 3.40. The van der Waals surface area contributed by atoms with Crippen molar-refractivity contribution >= 4 is 38.9 Å². The first kappa shape index (κ1) is 20.3. The number of primary amides is 1. The first-order chi connectivity index (χ1) is 12.9. The summed E-state index contributed by atoms with van der Waals surface area (Å²) in [5.74, 6) is -0.473. The number of carbonyl (C=O) groups is 1. The molecule has 1 aliphatic carbocycles. The Bertz CT molecular complexity index is 866. The first-order valence-electron chi connectivity index (χ1n) is 9.59. The van der Waals surface area contributed by atoms with Gasteiger partial charge in [-0.2, -0.15) is 5.10 Å². The number of hydrogen-bond acceptors (Lipinski definition) is 5. The lowest BCUT2D eigenvalue weighted by molar-refractivity contribution is -0.118. The molecule has 1 amide bonds. The Morgan fingerprint density at radius 2 is 2.00 bits per heavy atom. The molecule has 148 valence electrons. The van der Waals surface area contributed by atoms with E-state index in [4.69, 9.17) is 17.3 Å². The van der Waals surface area contributed by atoms with Gasteiger partial charge in [0.2, 0.25) is 5.91 Å². The third-order valence-corrected chi connectivity index (χ3v) is 6.19. The van der Waals surface area contributed by atoms with Crippen molar-refractivity contribution < 1.29 is 4.79 Å². The summed E-state index contributed by atoms with van der Waals surface area (Å²) in [7, 11) is 0. The molecule has 0 aromatic carbocycles. The number of halogens is 1. The number of fused-ring (bicyclic) bond motifs is 1. The fourth-order valence-corrected chi connectivity index (χ4v) is 4.64. The molecule has 3 heterocycles. The Labute approximate surface area is 168 Å². The molecule has 4 rings (SSSR count). The Morgan fingerprint density at radius 1 is 1.33 bits per heavy atom. The Hall–Kier alpha value is -1.44. The highest BCUT2D eigenvalue weighted by atomic mass is 35.5. The van der Waals surface area contributed by atoms with Crippen LogP contribution in [0.3, 0.4) is 0 Å². The highest BCUT2D eigenvalue weighted by molar-refractivity contribution is 7.22. The quantitative estimate of drug-likeness (QED) is 0.837. The Kier molecular flexibility index (Phi) is 6.55. The van der Waals surface area contributed by atoms with E-state index in [2.05, 4.69) is 10.00 Å². The maximum atomic E-state index is 12.1. The third kappa shape index (κ3) is 5.09. The molecule has 2 aromatic rings. The van der Waals surface area contributed by atoms with E-state index in [0.717, 1.165) is 21.8 Å². The van der Waals surface area contributed by atoms with Crippen molar-refractivity contribution in [1.82, 2.24) is 14.7 Å². The number of hydrogen-bond donors (Lipinski definition) is 1. The van der Waals surface area contributed by atoms with E-state index in [1.54, 1.807) is 6.07 Å². The number of thiophene rings is 1. The zero-order chi connectivity index (χ0) is 19.6. The first-order valence-corrected chi connectivity index (χ1v) is 10.8. The predicted molar refractivity (Wildman–Crippen MR) is 111 cm³/mol. The van der Waals surface area contributed by atoms with Gasteiger partial charge in [-0.15, -0.1) is 11.3 Å². The molecule has 1 saturated heterocycles. The van der Waals surface area contributed by atoms with Gasteiger partial charge in [-0.1, -0.05) is 31.9 Å². The van der Waals surface area contributed by atoms with Crippen LogP contribution in [0.4, 0.5) is 0 Å². The summed E-state index contributed by atoms with van der Waals surface area (Å²) >= 11 is 7.13. The van der Waals surface area contributed by atoms with Crippen molar-refractivity contribution in [3.8, 4) is 0 Å². The summed E-state index contributed by atoms with van der Waals surface area (Å²) in [4.78, 5) is 25.7. The van der Waals surface area contributed by atoms with E-state index in [0.29, 0.717) is 9.04 Å². The molecule has 6 nitrogen and oxygen atoms in total. The summed E-state index contributed by atoms with van der Waals surface area (Å²) in [6, 6.07) is 2.75. The molecule has 0 bridgehead atoms. The van der Waals surface area contributed by atoms with Crippen LogP contribution >= 0.6 is 22.9 Å². The van der Waals surface area contributed by atoms with Crippen LogP contribution in [0.1, 0.15) is 57.6 Å². The van der Waals surface area contributed by atoms with Gasteiger partial charge in [0.25, 0.3) is 5.56 Å². The minimum atomic E-state index is -0.596. The van der Waals surface area contributed by atoms with Crippen LogP contribution in [-0.2, 0) is 11.3 Å². The molecule has 0 unspecified atom stereocenters. The average molecular weight is 411 g/mol. The zero-order valence-corrected chi connectivity index (χ0v) is 17.5. The SMILES string of the molecule is C1CCN(C2CC2)CC1.CC(C)c1nn(CC(N)=O)c(=O)c2sc(Cl)cc12. The molecular formula is C19H27ClN4O2S. The van der Waals surface area contributed by atoms with Crippen molar-refractivity contribution in [3.05, 3.63) is 26.5 Å². The van der Waals surface area contributed by atoms with Gasteiger partial charge in [0.1, 0.15) is 11.2 Å². The molecule has 0 spiro atoms. The molecule has 1 saturated carbocycles. The van der Waals surface area contributed by atoms with Gasteiger partial charge in [-0.25, -0.2) is 4.68 Å². The predicted octanol–water partition coefficient (Wildman–Crippen LogP) is 3.35. The second-order valence-corrected chi connectivity index (χ2v) is 9.27. The van der Waals surface area contributed by atoms with E-state index < -0.39 is 5.91 Å². The van der Waals surface area contributed by atoms with E-state index in [-0.39, 0.29) is 18.0 Å². The van der Waals surface area contributed by atoms with Gasteiger partial charge in [0, 0.05) is 11.4 Å². The van der Waals surface area contributed by atoms with Crippen LogP contribution in [0.2, 0.25) is 4.34 Å². The van der Waals surface area contributed by atoms with Crippen LogP contribution < -0.4 is 11.3 Å². The topological polar surface area (TPSA) is 81.2 Å². The molecule has 0 radical (unpaired) electrons. The maximum Gasteiger partial charge on any atom is 0.285 e. The molecule has 27 heavy (non-hydrogen) atoms. The lowest BCUT2D eigenvalue weighted by Gasteiger charge is -2.25. The van der Waals surface area contributed by atoms with Crippen molar-refractivity contribution in [3.63, 3.8) is 0 Å². The van der Waals surface area contributed by atoms with Gasteiger partial charge in [0.15, 0.2) is 0 Å². The number of likely N-dealkylation sites (tertiary alicyclic amines) is 1. The van der Waals surface area contributed by atoms with Gasteiger partial charge in [0.05, 0.1) is 10.0 Å². The minimum Gasteiger partial charge on any atom is -0.368 e. The zero-order valence-electron chi connectivity index (χ0n) is 15.9. The van der Waals surface area contributed by atoms with E-state index >= 15 is 0 Å². The van der Waals surface area contributed by atoms with Crippen LogP contribution in [-0.4, -0.2) is 39.7 Å². The number of rotatable bonds is 4. The van der Waals surface area contributed by atoms with E-state index in [9.17, 15) is 9.59 Å². The number of aromatic nitrogens is 2. The summed E-state index contributed by atoms with van der Waals surface area (Å²) in [5.41, 5.74) is 5.52. The smallest absolute Gasteiger partial charge is 0.285 e. The lowest BCUT2D eigenvalue weighted by Crippen LogP contribution is -2.31. The van der Waals surface area contributed by atoms with Crippen molar-refractivity contribution in [2.45, 2.75) is 64.5 Å². The molecular weight excluding hydrogens is 384 g/mol. The molecule has 2 fully saturated rings. The third-order valence-electron chi connectivity index (χ3n) is 4.94. The summed E-state index contributed by atoms with van der Waals surface area (Å²) in [6.45, 7) is 6.50. The van der Waals surface area contributed by atoms with Gasteiger partial charge in [-0.3, -0.25) is 9.59 Å². The van der Waals surface area contributed by atoms with Gasteiger partial charge < -0.3 is 10.6 Å². The highest BCUT2D eigenvalue weighted by Crippen LogP contribution is 2.31. The monoisotopic (exact) mass is 410 g/mol. The fourth-order valence-electron chi connectivity index (χ4n) is 3.46. The standard InChI is InChI=1S/C11H12ClN3O2S.C8H15N/c1-5(2)9-6-3-7(12)18-10(6)11(17)15(14-9)4-8(13)16;1-2-6-9(7-3-1)8-4-5-8/h3,5H,4H2,1-2H3,(H2,13,16);8H,1-7H2. The van der Waals surface area contributed by atoms with Gasteiger partial charge >= 0.3 is 0 Å². The normalized spacial score (nSPS) is 17.8. The second-order valence-electron chi connectivity index (χ2n) is 7.59. The number of piperidine rings is 1. The van der Waals surface area contributed by atoms with Crippen LogP contribution in [0, 0.1) is 0 Å². The minimum absolute atomic E-state index is 0.123. The molecule has 2 N–H and O–H groups in total. The molecule has 0 atom stereocenters. The Balaban J connectivity index is 0.000000193. The van der Waals surface area contributed by atoms with Crippen molar-refractivity contribution in [2.75, 3.05) is 13.1 Å². The number of amides is 1. The van der Waals surface area contributed by atoms with Crippen molar-refractivity contribution in [2.24, 2.45) is 5.73 Å². The molecule has 2 aliphatic rings. The molecule has 2 aromatic heterocycles. The fraction of sp³-hybridized carbons (Fsp3) is 0.632.